The minimum atomic E-state index is -0.0429. The van der Waals surface area contributed by atoms with Crippen LogP contribution >= 0.6 is 0 Å². The van der Waals surface area contributed by atoms with Gasteiger partial charge in [0.15, 0.2) is 5.78 Å². The van der Waals surface area contributed by atoms with Gasteiger partial charge in [0.05, 0.1) is 31.0 Å². The van der Waals surface area contributed by atoms with Crippen molar-refractivity contribution in [3.05, 3.63) is 29.3 Å². The van der Waals surface area contributed by atoms with E-state index in [1.165, 1.54) is 0 Å². The largest absolute Gasteiger partial charge is 0.496 e. The van der Waals surface area contributed by atoms with Crippen LogP contribution in [-0.2, 0) is 9.47 Å². The molecule has 1 aromatic rings. The van der Waals surface area contributed by atoms with Crippen LogP contribution in [0.2, 0.25) is 0 Å². The Labute approximate surface area is 126 Å². The summed E-state index contributed by atoms with van der Waals surface area (Å²) in [6, 6.07) is 5.58. The van der Waals surface area contributed by atoms with Gasteiger partial charge in [-0.1, -0.05) is 6.07 Å². The summed E-state index contributed by atoms with van der Waals surface area (Å²) < 4.78 is 16.7. The number of ether oxygens (including phenoxy) is 3. The molecule has 0 spiro atoms. The summed E-state index contributed by atoms with van der Waals surface area (Å²) in [4.78, 5) is 12.3. The number of carbonyl (C=O) groups excluding carboxylic acids is 1. The lowest BCUT2D eigenvalue weighted by Crippen LogP contribution is -2.35. The van der Waals surface area contributed by atoms with E-state index in [4.69, 9.17) is 14.2 Å². The number of aryl methyl sites for hydroxylation is 1. The van der Waals surface area contributed by atoms with E-state index < -0.39 is 0 Å². The summed E-state index contributed by atoms with van der Waals surface area (Å²) in [7, 11) is 1.58. The lowest BCUT2D eigenvalue weighted by atomic mass is 10.0. The predicted octanol–water partition coefficient (Wildman–Crippen LogP) is 3.16. The number of ketones is 1. The number of hydrogen-bond acceptors (Lipinski definition) is 4. The van der Waals surface area contributed by atoms with E-state index >= 15 is 0 Å². The van der Waals surface area contributed by atoms with Gasteiger partial charge in [-0.3, -0.25) is 4.79 Å². The average molecular weight is 292 g/mol. The Kier molecular flexibility index (Phi) is 5.37. The number of Topliss-reactive ketones (excluding diaryl/α,β-unsaturated/α-hetero) is 1. The van der Waals surface area contributed by atoms with Crippen molar-refractivity contribution >= 4 is 5.78 Å². The minimum Gasteiger partial charge on any atom is -0.496 e. The Morgan fingerprint density at radius 3 is 2.57 bits per heavy atom. The van der Waals surface area contributed by atoms with E-state index in [1.807, 2.05) is 32.9 Å². The van der Waals surface area contributed by atoms with E-state index in [-0.39, 0.29) is 30.7 Å². The van der Waals surface area contributed by atoms with E-state index in [2.05, 4.69) is 0 Å². The van der Waals surface area contributed by atoms with Gasteiger partial charge in [-0.2, -0.15) is 0 Å². The maximum absolute atomic E-state index is 12.3. The Hall–Kier alpha value is -1.39. The molecule has 0 aliphatic carbocycles. The summed E-state index contributed by atoms with van der Waals surface area (Å²) in [5.41, 5.74) is 1.65. The fourth-order valence-corrected chi connectivity index (χ4v) is 2.78. The van der Waals surface area contributed by atoms with Gasteiger partial charge >= 0.3 is 0 Å². The van der Waals surface area contributed by atoms with Crippen LogP contribution in [0, 0.1) is 6.92 Å². The summed E-state index contributed by atoms with van der Waals surface area (Å²) in [5, 5.41) is 0. The molecule has 116 valence electrons. The maximum atomic E-state index is 12.3. The molecule has 1 heterocycles. The predicted molar refractivity (Wildman–Crippen MR) is 81.0 cm³/mol. The molecule has 0 saturated carbocycles. The normalized spacial score (nSPS) is 25.6. The molecule has 1 aromatic carbocycles. The monoisotopic (exact) mass is 292 g/mol. The van der Waals surface area contributed by atoms with Gasteiger partial charge in [0.1, 0.15) is 12.4 Å². The standard InChI is InChI=1S/C17H24O4/c1-11-5-6-15(17(7-11)19-4)16(18)10-20-14-8-12(2)21-13(3)9-14/h5-7,12-14H,8-10H2,1-4H3. The van der Waals surface area contributed by atoms with Gasteiger partial charge in [-0.25, -0.2) is 0 Å². The molecule has 21 heavy (non-hydrogen) atoms. The molecule has 1 fully saturated rings. The summed E-state index contributed by atoms with van der Waals surface area (Å²) in [6.45, 7) is 6.13. The number of rotatable bonds is 5. The van der Waals surface area contributed by atoms with Crippen molar-refractivity contribution in [2.24, 2.45) is 0 Å². The summed E-state index contributed by atoms with van der Waals surface area (Å²) in [6.07, 6.45) is 2.13. The number of hydrogen-bond donors (Lipinski definition) is 0. The van der Waals surface area contributed by atoms with Gasteiger partial charge in [0.2, 0.25) is 0 Å². The average Bonchev–Trinajstić information content (AvgIpc) is 2.43. The fraction of sp³-hybridized carbons (Fsp3) is 0.588. The second-order valence-corrected chi connectivity index (χ2v) is 5.79. The molecule has 1 aliphatic rings. The van der Waals surface area contributed by atoms with Crippen LogP contribution in [0.1, 0.15) is 42.6 Å². The number of benzene rings is 1. The molecule has 0 N–H and O–H groups in total. The first-order chi connectivity index (χ1) is 9.99. The lowest BCUT2D eigenvalue weighted by Gasteiger charge is -2.31. The molecule has 0 amide bonds. The van der Waals surface area contributed by atoms with Crippen LogP contribution in [-0.4, -0.2) is 37.8 Å². The fourth-order valence-electron chi connectivity index (χ4n) is 2.78. The van der Waals surface area contributed by atoms with Crippen LogP contribution in [0.4, 0.5) is 0 Å². The minimum absolute atomic E-state index is 0.0429. The molecule has 1 aliphatic heterocycles. The van der Waals surface area contributed by atoms with Crippen molar-refractivity contribution in [2.45, 2.75) is 51.9 Å². The Morgan fingerprint density at radius 1 is 1.29 bits per heavy atom. The van der Waals surface area contributed by atoms with Crippen molar-refractivity contribution in [1.82, 2.24) is 0 Å². The maximum Gasteiger partial charge on any atom is 0.192 e. The highest BCUT2D eigenvalue weighted by Gasteiger charge is 2.26. The molecule has 2 rings (SSSR count). The second-order valence-electron chi connectivity index (χ2n) is 5.79. The van der Waals surface area contributed by atoms with Gasteiger partial charge in [0.25, 0.3) is 0 Å². The van der Waals surface area contributed by atoms with Crippen LogP contribution in [0.3, 0.4) is 0 Å². The van der Waals surface area contributed by atoms with E-state index in [0.29, 0.717) is 11.3 Å². The lowest BCUT2D eigenvalue weighted by molar-refractivity contribution is -0.0975. The molecule has 2 atom stereocenters. The smallest absolute Gasteiger partial charge is 0.192 e. The zero-order valence-electron chi connectivity index (χ0n) is 13.2. The Morgan fingerprint density at radius 2 is 1.95 bits per heavy atom. The van der Waals surface area contributed by atoms with Crippen LogP contribution < -0.4 is 4.74 Å². The van der Waals surface area contributed by atoms with E-state index in [1.54, 1.807) is 13.2 Å². The van der Waals surface area contributed by atoms with Crippen molar-refractivity contribution in [1.29, 1.82) is 0 Å². The van der Waals surface area contributed by atoms with Gasteiger partial charge in [-0.15, -0.1) is 0 Å². The highest BCUT2D eigenvalue weighted by Crippen LogP contribution is 2.23. The SMILES string of the molecule is COc1cc(C)ccc1C(=O)COC1CC(C)OC(C)C1. The van der Waals surface area contributed by atoms with Gasteiger partial charge < -0.3 is 14.2 Å². The first kappa shape index (κ1) is 16.0. The first-order valence-electron chi connectivity index (χ1n) is 7.44. The molecule has 4 heteroatoms. The van der Waals surface area contributed by atoms with E-state index in [9.17, 15) is 4.79 Å². The van der Waals surface area contributed by atoms with Gasteiger partial charge in [-0.05, 0) is 51.3 Å². The quantitative estimate of drug-likeness (QED) is 0.782. The molecule has 2 unspecified atom stereocenters. The van der Waals surface area contributed by atoms with Gasteiger partial charge in [0, 0.05) is 0 Å². The summed E-state index contributed by atoms with van der Waals surface area (Å²) >= 11 is 0. The van der Waals surface area contributed by atoms with Crippen molar-refractivity contribution in [3.8, 4) is 5.75 Å². The second kappa shape index (κ2) is 7.05. The number of carbonyl (C=O) groups is 1. The van der Waals surface area contributed by atoms with Crippen molar-refractivity contribution < 1.29 is 19.0 Å². The first-order valence-corrected chi connectivity index (χ1v) is 7.44. The highest BCUT2D eigenvalue weighted by atomic mass is 16.5. The third-order valence-electron chi connectivity index (χ3n) is 3.76. The third-order valence-corrected chi connectivity index (χ3v) is 3.76. The zero-order valence-corrected chi connectivity index (χ0v) is 13.2. The Balaban J connectivity index is 1.95. The molecule has 0 aromatic heterocycles. The van der Waals surface area contributed by atoms with Crippen LogP contribution in [0.25, 0.3) is 0 Å². The highest BCUT2D eigenvalue weighted by molar-refractivity contribution is 5.99. The van der Waals surface area contributed by atoms with Crippen LogP contribution in [0.15, 0.2) is 18.2 Å². The van der Waals surface area contributed by atoms with E-state index in [0.717, 1.165) is 18.4 Å². The number of methoxy groups -OCH3 is 1. The zero-order chi connectivity index (χ0) is 15.4. The third kappa shape index (κ3) is 4.29. The molecule has 1 saturated heterocycles. The van der Waals surface area contributed by atoms with Crippen molar-refractivity contribution in [2.75, 3.05) is 13.7 Å². The summed E-state index contributed by atoms with van der Waals surface area (Å²) in [5.74, 6) is 0.566. The molecule has 0 bridgehead atoms. The molecular weight excluding hydrogens is 268 g/mol. The molecule has 4 nitrogen and oxygen atoms in total. The molecular formula is C17H24O4. The topological polar surface area (TPSA) is 44.8 Å². The van der Waals surface area contributed by atoms with Crippen molar-refractivity contribution in [3.63, 3.8) is 0 Å². The van der Waals surface area contributed by atoms with Crippen LogP contribution in [0.5, 0.6) is 5.75 Å². The molecule has 0 radical (unpaired) electrons. The Bertz CT molecular complexity index is 488.